The Kier molecular flexibility index (Phi) is 4.72. The molecule has 0 saturated heterocycles. The number of aryl methyl sites for hydroxylation is 1. The zero-order valence-corrected chi connectivity index (χ0v) is 11.5. The van der Waals surface area contributed by atoms with Gasteiger partial charge in [0.1, 0.15) is 11.4 Å². The second-order valence-electron chi connectivity index (χ2n) is 5.52. The summed E-state index contributed by atoms with van der Waals surface area (Å²) < 4.78 is 13.3. The molecule has 98 valence electrons. The van der Waals surface area contributed by atoms with Crippen molar-refractivity contribution < 1.29 is 4.39 Å². The molecule has 0 heterocycles. The van der Waals surface area contributed by atoms with Crippen LogP contribution in [0.5, 0.6) is 0 Å². The molecule has 1 unspecified atom stereocenters. The summed E-state index contributed by atoms with van der Waals surface area (Å²) in [7, 11) is 0. The van der Waals surface area contributed by atoms with E-state index in [1.54, 1.807) is 0 Å². The van der Waals surface area contributed by atoms with Gasteiger partial charge >= 0.3 is 0 Å². The lowest BCUT2D eigenvalue weighted by molar-refractivity contribution is 0.479. The van der Waals surface area contributed by atoms with Gasteiger partial charge in [-0.25, -0.2) is 4.39 Å². The highest BCUT2D eigenvalue weighted by Crippen LogP contribution is 2.23. The molecule has 2 nitrogen and oxygen atoms in total. The molecule has 0 aliphatic carbocycles. The first-order valence-electron chi connectivity index (χ1n) is 6.31. The van der Waals surface area contributed by atoms with E-state index in [1.807, 2.05) is 19.9 Å². The Labute approximate surface area is 109 Å². The smallest absolute Gasteiger partial charge is 0.125 e. The van der Waals surface area contributed by atoms with Crippen molar-refractivity contribution in [3.63, 3.8) is 0 Å². The zero-order chi connectivity index (χ0) is 13.8. The number of halogens is 1. The van der Waals surface area contributed by atoms with Crippen molar-refractivity contribution >= 4 is 5.69 Å². The molecule has 0 fully saturated rings. The van der Waals surface area contributed by atoms with Gasteiger partial charge in [-0.05, 0) is 56.4 Å². The molecule has 0 bridgehead atoms. The van der Waals surface area contributed by atoms with Gasteiger partial charge in [0.05, 0.1) is 6.07 Å². The first-order chi connectivity index (χ1) is 8.34. The van der Waals surface area contributed by atoms with Crippen LogP contribution in [0.3, 0.4) is 0 Å². The van der Waals surface area contributed by atoms with Crippen LogP contribution in [0.2, 0.25) is 0 Å². The highest BCUT2D eigenvalue weighted by Gasteiger charge is 2.23. The van der Waals surface area contributed by atoms with Gasteiger partial charge in [0.2, 0.25) is 0 Å². The van der Waals surface area contributed by atoms with Crippen molar-refractivity contribution in [2.24, 2.45) is 5.92 Å². The van der Waals surface area contributed by atoms with Crippen LogP contribution in [0, 0.1) is 30.0 Å². The molecule has 1 atom stereocenters. The summed E-state index contributed by atoms with van der Waals surface area (Å²) in [6.45, 7) is 7.95. The van der Waals surface area contributed by atoms with Crippen molar-refractivity contribution in [3.8, 4) is 6.07 Å². The topological polar surface area (TPSA) is 35.8 Å². The molecule has 0 aromatic heterocycles. The van der Waals surface area contributed by atoms with Crippen LogP contribution in [0.1, 0.15) is 39.2 Å². The predicted octanol–water partition coefficient (Wildman–Crippen LogP) is 4.26. The number of nitrogens with zero attached hydrogens (tertiary/aromatic N) is 1. The van der Waals surface area contributed by atoms with E-state index in [-0.39, 0.29) is 5.82 Å². The summed E-state index contributed by atoms with van der Waals surface area (Å²) in [5.41, 5.74) is 0.867. The van der Waals surface area contributed by atoms with E-state index in [4.69, 9.17) is 0 Å². The van der Waals surface area contributed by atoms with E-state index in [0.29, 0.717) is 11.6 Å². The van der Waals surface area contributed by atoms with Gasteiger partial charge < -0.3 is 5.32 Å². The van der Waals surface area contributed by atoms with Crippen LogP contribution in [0.4, 0.5) is 10.1 Å². The predicted molar refractivity (Wildman–Crippen MR) is 72.8 cm³/mol. The number of rotatable bonds is 5. The molecule has 18 heavy (non-hydrogen) atoms. The molecule has 0 amide bonds. The van der Waals surface area contributed by atoms with Gasteiger partial charge in [0, 0.05) is 5.69 Å². The first kappa shape index (κ1) is 14.5. The van der Waals surface area contributed by atoms with Gasteiger partial charge in [0.25, 0.3) is 0 Å². The van der Waals surface area contributed by atoms with Crippen molar-refractivity contribution in [3.05, 3.63) is 29.6 Å². The Morgan fingerprint density at radius 2 is 2.06 bits per heavy atom. The molecule has 0 aliphatic heterocycles. The first-order valence-corrected chi connectivity index (χ1v) is 6.31. The third-order valence-electron chi connectivity index (χ3n) is 2.93. The molecule has 0 saturated carbocycles. The van der Waals surface area contributed by atoms with E-state index < -0.39 is 5.54 Å². The molecule has 3 heteroatoms. The number of hydrogen-bond donors (Lipinski definition) is 1. The Morgan fingerprint density at radius 1 is 1.39 bits per heavy atom. The Bertz CT molecular complexity index is 428. The largest absolute Gasteiger partial charge is 0.367 e. The Morgan fingerprint density at radius 3 is 2.56 bits per heavy atom. The van der Waals surface area contributed by atoms with Gasteiger partial charge in [-0.15, -0.1) is 0 Å². The van der Waals surface area contributed by atoms with Crippen LogP contribution in [0.25, 0.3) is 0 Å². The maximum absolute atomic E-state index is 13.3. The average molecular weight is 248 g/mol. The monoisotopic (exact) mass is 248 g/mol. The quantitative estimate of drug-likeness (QED) is 0.844. The minimum absolute atomic E-state index is 0.276. The summed E-state index contributed by atoms with van der Waals surface area (Å²) in [4.78, 5) is 0. The lowest BCUT2D eigenvalue weighted by atomic mass is 9.93. The standard InChI is InChI=1S/C15H21FN2/c1-11(2)5-6-15(4,10-17)18-14-8-12(3)7-13(16)9-14/h7-9,11,18H,5-6H2,1-4H3. The molecular weight excluding hydrogens is 227 g/mol. The van der Waals surface area contributed by atoms with Crippen molar-refractivity contribution in [2.75, 3.05) is 5.32 Å². The number of benzene rings is 1. The normalized spacial score (nSPS) is 14.1. The van der Waals surface area contributed by atoms with E-state index >= 15 is 0 Å². The van der Waals surface area contributed by atoms with Gasteiger partial charge in [-0.2, -0.15) is 5.26 Å². The number of anilines is 1. The van der Waals surface area contributed by atoms with Crippen molar-refractivity contribution in [1.29, 1.82) is 5.26 Å². The summed E-state index contributed by atoms with van der Waals surface area (Å²) in [5, 5.41) is 12.4. The number of nitriles is 1. The van der Waals surface area contributed by atoms with Crippen LogP contribution in [-0.4, -0.2) is 5.54 Å². The molecule has 1 rings (SSSR count). The van der Waals surface area contributed by atoms with E-state index in [1.165, 1.54) is 12.1 Å². The molecular formula is C15H21FN2. The molecule has 1 aromatic rings. The van der Waals surface area contributed by atoms with Crippen LogP contribution in [0.15, 0.2) is 18.2 Å². The second-order valence-corrected chi connectivity index (χ2v) is 5.52. The fourth-order valence-electron chi connectivity index (χ4n) is 1.85. The lowest BCUT2D eigenvalue weighted by Gasteiger charge is -2.25. The van der Waals surface area contributed by atoms with Crippen LogP contribution in [-0.2, 0) is 0 Å². The van der Waals surface area contributed by atoms with E-state index in [9.17, 15) is 9.65 Å². The van der Waals surface area contributed by atoms with Crippen LogP contribution >= 0.6 is 0 Å². The maximum Gasteiger partial charge on any atom is 0.125 e. The zero-order valence-electron chi connectivity index (χ0n) is 11.5. The third-order valence-corrected chi connectivity index (χ3v) is 2.93. The summed E-state index contributed by atoms with van der Waals surface area (Å²) in [6, 6.07) is 7.05. The minimum atomic E-state index is -0.648. The minimum Gasteiger partial charge on any atom is -0.367 e. The maximum atomic E-state index is 13.3. The fourth-order valence-corrected chi connectivity index (χ4v) is 1.85. The highest BCUT2D eigenvalue weighted by molar-refractivity contribution is 5.49. The summed E-state index contributed by atoms with van der Waals surface area (Å²) in [6.07, 6.45) is 1.71. The Balaban J connectivity index is 2.82. The van der Waals surface area contributed by atoms with Gasteiger partial charge in [0.15, 0.2) is 0 Å². The molecule has 0 radical (unpaired) electrons. The average Bonchev–Trinajstić information content (AvgIpc) is 2.25. The SMILES string of the molecule is Cc1cc(F)cc(NC(C)(C#N)CCC(C)C)c1. The van der Waals surface area contributed by atoms with E-state index in [2.05, 4.69) is 25.2 Å². The lowest BCUT2D eigenvalue weighted by Crippen LogP contribution is -2.33. The fraction of sp³-hybridized carbons (Fsp3) is 0.533. The molecule has 1 aromatic carbocycles. The van der Waals surface area contributed by atoms with Crippen molar-refractivity contribution in [2.45, 2.75) is 46.1 Å². The van der Waals surface area contributed by atoms with Gasteiger partial charge in [-0.3, -0.25) is 0 Å². The molecule has 0 spiro atoms. The Hall–Kier alpha value is -1.56. The second kappa shape index (κ2) is 5.86. The molecule has 0 aliphatic rings. The molecule has 1 N–H and O–H groups in total. The number of nitrogens with one attached hydrogen (secondary N) is 1. The number of hydrogen-bond acceptors (Lipinski definition) is 2. The summed E-state index contributed by atoms with van der Waals surface area (Å²) >= 11 is 0. The van der Waals surface area contributed by atoms with Crippen molar-refractivity contribution in [1.82, 2.24) is 0 Å². The third kappa shape index (κ3) is 4.37. The van der Waals surface area contributed by atoms with Crippen LogP contribution < -0.4 is 5.32 Å². The van der Waals surface area contributed by atoms with Gasteiger partial charge in [-0.1, -0.05) is 13.8 Å². The van der Waals surface area contributed by atoms with E-state index in [0.717, 1.165) is 18.4 Å². The highest BCUT2D eigenvalue weighted by atomic mass is 19.1. The summed E-state index contributed by atoms with van der Waals surface area (Å²) in [5.74, 6) is 0.273.